The molecule has 0 aliphatic heterocycles. The highest BCUT2D eigenvalue weighted by molar-refractivity contribution is 9.10. The molecule has 0 amide bonds. The van der Waals surface area contributed by atoms with Gasteiger partial charge in [0, 0.05) is 21.5 Å². The van der Waals surface area contributed by atoms with Crippen molar-refractivity contribution in [2.45, 2.75) is 0 Å². The average molecular weight is 526 g/mol. The Morgan fingerprint density at radius 3 is 1.31 bits per heavy atom. The fourth-order valence-corrected chi connectivity index (χ4v) is 5.04. The van der Waals surface area contributed by atoms with Crippen LogP contribution in [-0.4, -0.2) is 0 Å². The van der Waals surface area contributed by atoms with Gasteiger partial charge in [0.25, 0.3) is 0 Å². The Balaban J connectivity index is 1.44. The highest BCUT2D eigenvalue weighted by Gasteiger charge is 2.14. The lowest BCUT2D eigenvalue weighted by atomic mass is 10.0. The van der Waals surface area contributed by atoms with Gasteiger partial charge in [0.2, 0.25) is 0 Å². The summed E-state index contributed by atoms with van der Waals surface area (Å²) in [6.45, 7) is 0. The van der Waals surface area contributed by atoms with Crippen molar-refractivity contribution in [1.82, 2.24) is 0 Å². The quantitative estimate of drug-likeness (QED) is 0.216. The van der Waals surface area contributed by atoms with Crippen LogP contribution in [0.3, 0.4) is 0 Å². The van der Waals surface area contributed by atoms with Crippen LogP contribution in [0.15, 0.2) is 150 Å². The van der Waals surface area contributed by atoms with E-state index in [0.717, 1.165) is 21.5 Å². The molecule has 0 heterocycles. The van der Waals surface area contributed by atoms with E-state index in [0.29, 0.717) is 0 Å². The first-order valence-corrected chi connectivity index (χ1v) is 12.8. The Hall–Kier alpha value is -4.14. The van der Waals surface area contributed by atoms with Crippen molar-refractivity contribution in [2.75, 3.05) is 4.90 Å². The van der Waals surface area contributed by atoms with Gasteiger partial charge < -0.3 is 4.90 Å². The number of nitrogens with zero attached hydrogens (tertiary/aromatic N) is 1. The molecule has 0 aliphatic carbocycles. The number of anilines is 3. The molecule has 0 atom stereocenters. The Morgan fingerprint density at radius 1 is 0.361 bits per heavy atom. The van der Waals surface area contributed by atoms with Gasteiger partial charge in [0.1, 0.15) is 0 Å². The van der Waals surface area contributed by atoms with Crippen LogP contribution in [-0.2, 0) is 0 Å². The van der Waals surface area contributed by atoms with Crippen molar-refractivity contribution in [3.8, 4) is 22.3 Å². The summed E-state index contributed by atoms with van der Waals surface area (Å²) in [4.78, 5) is 2.32. The van der Waals surface area contributed by atoms with Crippen LogP contribution in [0.4, 0.5) is 17.1 Å². The minimum absolute atomic E-state index is 1.09. The molecule has 0 saturated carbocycles. The van der Waals surface area contributed by atoms with Gasteiger partial charge in [-0.15, -0.1) is 0 Å². The van der Waals surface area contributed by atoms with E-state index in [9.17, 15) is 0 Å². The van der Waals surface area contributed by atoms with Crippen molar-refractivity contribution in [3.63, 3.8) is 0 Å². The van der Waals surface area contributed by atoms with E-state index in [-0.39, 0.29) is 0 Å². The number of benzene rings is 6. The number of fused-ring (bicyclic) bond motifs is 1. The molecule has 0 bridgehead atoms. The van der Waals surface area contributed by atoms with E-state index in [1.807, 2.05) is 0 Å². The summed E-state index contributed by atoms with van der Waals surface area (Å²) in [5, 5.41) is 2.43. The van der Waals surface area contributed by atoms with Gasteiger partial charge in [0.15, 0.2) is 0 Å². The third kappa shape index (κ3) is 4.56. The SMILES string of the molecule is Brc1ccc2cc(N(c3ccc(-c4ccccc4)cc3)c3ccc(-c4ccccc4)cc3)ccc2c1. The molecule has 0 N–H and O–H groups in total. The van der Waals surface area contributed by atoms with Gasteiger partial charge in [-0.3, -0.25) is 0 Å². The first kappa shape index (κ1) is 22.3. The normalized spacial score (nSPS) is 10.9. The molecule has 6 rings (SSSR count). The summed E-state index contributed by atoms with van der Waals surface area (Å²) in [5.41, 5.74) is 8.24. The minimum atomic E-state index is 1.09. The molecular weight excluding hydrogens is 502 g/mol. The van der Waals surface area contributed by atoms with E-state index >= 15 is 0 Å². The summed E-state index contributed by atoms with van der Waals surface area (Å²) in [6, 6.07) is 51.7. The molecule has 0 fully saturated rings. The van der Waals surface area contributed by atoms with Gasteiger partial charge in [-0.2, -0.15) is 0 Å². The van der Waals surface area contributed by atoms with E-state index in [4.69, 9.17) is 0 Å². The van der Waals surface area contributed by atoms with Gasteiger partial charge >= 0.3 is 0 Å². The second-order valence-corrected chi connectivity index (χ2v) is 9.75. The van der Waals surface area contributed by atoms with Crippen molar-refractivity contribution in [1.29, 1.82) is 0 Å². The summed E-state index contributed by atoms with van der Waals surface area (Å²) < 4.78 is 1.09. The topological polar surface area (TPSA) is 3.24 Å². The highest BCUT2D eigenvalue weighted by Crippen LogP contribution is 2.38. The zero-order valence-electron chi connectivity index (χ0n) is 19.7. The second kappa shape index (κ2) is 9.85. The predicted molar refractivity (Wildman–Crippen MR) is 157 cm³/mol. The monoisotopic (exact) mass is 525 g/mol. The number of hydrogen-bond acceptors (Lipinski definition) is 1. The summed E-state index contributed by atoms with van der Waals surface area (Å²) >= 11 is 3.59. The van der Waals surface area contributed by atoms with E-state index in [1.54, 1.807) is 0 Å². The van der Waals surface area contributed by atoms with E-state index in [2.05, 4.69) is 166 Å². The maximum atomic E-state index is 3.59. The summed E-state index contributed by atoms with van der Waals surface area (Å²) in [7, 11) is 0. The molecule has 0 spiro atoms. The van der Waals surface area contributed by atoms with Crippen LogP contribution >= 0.6 is 15.9 Å². The lowest BCUT2D eigenvalue weighted by Crippen LogP contribution is -2.09. The zero-order chi connectivity index (χ0) is 24.3. The number of hydrogen-bond donors (Lipinski definition) is 0. The molecule has 6 aromatic carbocycles. The predicted octanol–water partition coefficient (Wildman–Crippen LogP) is 10.4. The van der Waals surface area contributed by atoms with Crippen molar-refractivity contribution in [2.24, 2.45) is 0 Å². The van der Waals surface area contributed by atoms with Gasteiger partial charge in [-0.05, 0) is 81.6 Å². The minimum Gasteiger partial charge on any atom is -0.310 e. The van der Waals surface area contributed by atoms with Crippen LogP contribution in [0.2, 0.25) is 0 Å². The van der Waals surface area contributed by atoms with Gasteiger partial charge in [0.05, 0.1) is 0 Å². The average Bonchev–Trinajstić information content (AvgIpc) is 2.95. The first-order chi connectivity index (χ1) is 17.7. The largest absolute Gasteiger partial charge is 0.310 e. The van der Waals surface area contributed by atoms with E-state index < -0.39 is 0 Å². The van der Waals surface area contributed by atoms with Crippen LogP contribution < -0.4 is 4.90 Å². The molecule has 6 aromatic rings. The molecule has 1 nitrogen and oxygen atoms in total. The Morgan fingerprint density at radius 2 is 0.778 bits per heavy atom. The van der Waals surface area contributed by atoms with Crippen LogP contribution in [0, 0.1) is 0 Å². The van der Waals surface area contributed by atoms with Crippen LogP contribution in [0.5, 0.6) is 0 Å². The molecule has 172 valence electrons. The van der Waals surface area contributed by atoms with Crippen LogP contribution in [0.25, 0.3) is 33.0 Å². The Kier molecular flexibility index (Phi) is 6.11. The molecule has 2 heteroatoms. The molecule has 0 aliphatic rings. The lowest BCUT2D eigenvalue weighted by molar-refractivity contribution is 1.29. The summed E-state index contributed by atoms with van der Waals surface area (Å²) in [5.74, 6) is 0. The van der Waals surface area contributed by atoms with Gasteiger partial charge in [-0.25, -0.2) is 0 Å². The van der Waals surface area contributed by atoms with Crippen molar-refractivity contribution < 1.29 is 0 Å². The maximum Gasteiger partial charge on any atom is 0.0468 e. The Bertz CT molecular complexity index is 1520. The smallest absolute Gasteiger partial charge is 0.0468 e. The fourth-order valence-electron chi connectivity index (χ4n) is 4.66. The molecule has 36 heavy (non-hydrogen) atoms. The molecular formula is C34H24BrN. The first-order valence-electron chi connectivity index (χ1n) is 12.0. The molecule has 0 unspecified atom stereocenters. The number of rotatable bonds is 5. The third-order valence-electron chi connectivity index (χ3n) is 6.51. The highest BCUT2D eigenvalue weighted by atomic mass is 79.9. The maximum absolute atomic E-state index is 3.59. The third-order valence-corrected chi connectivity index (χ3v) is 7.00. The van der Waals surface area contributed by atoms with Crippen molar-refractivity contribution in [3.05, 3.63) is 150 Å². The van der Waals surface area contributed by atoms with Crippen molar-refractivity contribution >= 4 is 43.8 Å². The standard InChI is InChI=1S/C34H24BrN/c35-31-17-11-30-24-34(22-16-29(30)23-31)36(32-18-12-27(13-19-32)25-7-3-1-4-8-25)33-20-14-28(15-21-33)26-9-5-2-6-10-26/h1-24H. The molecule has 0 saturated heterocycles. The molecule has 0 aromatic heterocycles. The van der Waals surface area contributed by atoms with E-state index in [1.165, 1.54) is 33.0 Å². The summed E-state index contributed by atoms with van der Waals surface area (Å²) in [6.07, 6.45) is 0. The van der Waals surface area contributed by atoms with Gasteiger partial charge in [-0.1, -0.05) is 113 Å². The number of halogens is 1. The second-order valence-electron chi connectivity index (χ2n) is 8.84. The van der Waals surface area contributed by atoms with Crippen LogP contribution in [0.1, 0.15) is 0 Å². The Labute approximate surface area is 220 Å². The zero-order valence-corrected chi connectivity index (χ0v) is 21.3. The fraction of sp³-hybridized carbons (Fsp3) is 0. The lowest BCUT2D eigenvalue weighted by Gasteiger charge is -2.26. The molecule has 0 radical (unpaired) electrons.